The number of alkyl halides is 3. The number of halogens is 7. The maximum atomic E-state index is 14.3. The first-order chi connectivity index (χ1) is 16.6. The van der Waals surface area contributed by atoms with Gasteiger partial charge in [-0.1, -0.05) is 64.5 Å². The Morgan fingerprint density at radius 1 is 1.14 bits per heavy atom. The predicted molar refractivity (Wildman–Crippen MR) is 135 cm³/mol. The van der Waals surface area contributed by atoms with Gasteiger partial charge in [0.1, 0.15) is 5.25 Å². The molecule has 2 aromatic rings. The number of amides is 1. The molecular formula is C22H19Cl4F3N2O4S. The van der Waals surface area contributed by atoms with Crippen molar-refractivity contribution in [3.8, 4) is 0 Å². The average Bonchev–Trinajstić information content (AvgIpc) is 3.28. The number of hydrogen-bond donors (Lipinski definition) is 0. The zero-order valence-electron chi connectivity index (χ0n) is 19.0. The molecule has 6 nitrogen and oxygen atoms in total. The molecule has 3 rings (SSSR count). The molecule has 1 amide bonds. The van der Waals surface area contributed by atoms with E-state index >= 15 is 0 Å². The van der Waals surface area contributed by atoms with E-state index in [0.717, 1.165) is 17.0 Å². The lowest BCUT2D eigenvalue weighted by Gasteiger charge is -2.30. The molecule has 196 valence electrons. The Balaban J connectivity index is 1.94. The molecule has 1 aliphatic rings. The number of benzene rings is 2. The number of hydrogen-bond acceptors (Lipinski definition) is 5. The molecule has 36 heavy (non-hydrogen) atoms. The van der Waals surface area contributed by atoms with Gasteiger partial charge in [0.2, 0.25) is 5.91 Å². The summed E-state index contributed by atoms with van der Waals surface area (Å²) < 4.78 is 66.9. The average molecular weight is 606 g/mol. The van der Waals surface area contributed by atoms with E-state index < -0.39 is 39.2 Å². The van der Waals surface area contributed by atoms with Gasteiger partial charge in [0.25, 0.3) is 5.60 Å². The quantitative estimate of drug-likeness (QED) is 0.345. The first kappa shape index (κ1) is 28.8. The van der Waals surface area contributed by atoms with Crippen molar-refractivity contribution in [2.45, 2.75) is 37.3 Å². The minimum atomic E-state index is -4.91. The maximum absolute atomic E-state index is 14.3. The van der Waals surface area contributed by atoms with Gasteiger partial charge in [-0.05, 0) is 31.2 Å². The number of nitrogens with zero attached hydrogens (tertiary/aromatic N) is 2. The lowest BCUT2D eigenvalue weighted by molar-refractivity contribution is -0.275. The van der Waals surface area contributed by atoms with Crippen LogP contribution < -0.4 is 4.90 Å². The van der Waals surface area contributed by atoms with E-state index in [2.05, 4.69) is 5.16 Å². The topological polar surface area (TPSA) is 76.0 Å². The summed E-state index contributed by atoms with van der Waals surface area (Å²) in [6.45, 7) is 2.70. The molecule has 0 aliphatic carbocycles. The van der Waals surface area contributed by atoms with E-state index in [1.807, 2.05) is 0 Å². The summed E-state index contributed by atoms with van der Waals surface area (Å²) in [6.07, 6.45) is -5.63. The van der Waals surface area contributed by atoms with Crippen LogP contribution in [0, 0.1) is 0 Å². The van der Waals surface area contributed by atoms with Crippen LogP contribution in [-0.2, 0) is 25.1 Å². The van der Waals surface area contributed by atoms with E-state index in [9.17, 15) is 26.4 Å². The van der Waals surface area contributed by atoms with Crippen LogP contribution in [0.4, 0.5) is 18.9 Å². The highest BCUT2D eigenvalue weighted by atomic mass is 35.5. The van der Waals surface area contributed by atoms with Crippen molar-refractivity contribution in [3.63, 3.8) is 0 Å². The smallest absolute Gasteiger partial charge is 0.374 e. The Morgan fingerprint density at radius 2 is 1.72 bits per heavy atom. The van der Waals surface area contributed by atoms with E-state index in [-0.39, 0.29) is 48.4 Å². The van der Waals surface area contributed by atoms with E-state index in [1.165, 1.54) is 39.1 Å². The molecule has 1 aliphatic heterocycles. The Kier molecular flexibility index (Phi) is 8.18. The van der Waals surface area contributed by atoms with Crippen LogP contribution in [0.15, 0.2) is 35.5 Å². The number of rotatable bonds is 6. The van der Waals surface area contributed by atoms with E-state index in [4.69, 9.17) is 51.2 Å². The highest BCUT2D eigenvalue weighted by Gasteiger charge is 2.62. The lowest BCUT2D eigenvalue weighted by atomic mass is 9.86. The zero-order valence-corrected chi connectivity index (χ0v) is 22.8. The Morgan fingerprint density at radius 3 is 2.22 bits per heavy atom. The fraction of sp³-hybridized carbons (Fsp3) is 0.364. The van der Waals surface area contributed by atoms with Crippen molar-refractivity contribution >= 4 is 73.5 Å². The molecule has 0 saturated carbocycles. The summed E-state index contributed by atoms with van der Waals surface area (Å²) >= 11 is 24.1. The van der Waals surface area contributed by atoms with E-state index in [1.54, 1.807) is 0 Å². The Bertz CT molecular complexity index is 1330. The Hall–Kier alpha value is -1.72. The van der Waals surface area contributed by atoms with Gasteiger partial charge in [-0.25, -0.2) is 8.42 Å². The molecule has 0 fully saturated rings. The second-order valence-corrected chi connectivity index (χ2v) is 12.3. The molecule has 0 radical (unpaired) electrons. The summed E-state index contributed by atoms with van der Waals surface area (Å²) in [5.74, 6) is -0.925. The third-order valence-corrected chi connectivity index (χ3v) is 9.48. The van der Waals surface area contributed by atoms with Crippen molar-refractivity contribution in [1.29, 1.82) is 0 Å². The highest BCUT2D eigenvalue weighted by molar-refractivity contribution is 7.92. The van der Waals surface area contributed by atoms with Gasteiger partial charge in [-0.2, -0.15) is 13.2 Å². The van der Waals surface area contributed by atoms with Gasteiger partial charge in [-0.3, -0.25) is 4.79 Å². The molecule has 0 spiro atoms. The van der Waals surface area contributed by atoms with Crippen molar-refractivity contribution in [2.75, 3.05) is 17.7 Å². The van der Waals surface area contributed by atoms with Gasteiger partial charge >= 0.3 is 6.18 Å². The second-order valence-electron chi connectivity index (χ2n) is 8.04. The van der Waals surface area contributed by atoms with Crippen LogP contribution in [0.1, 0.15) is 31.4 Å². The molecule has 0 N–H and O–H groups in total. The van der Waals surface area contributed by atoms with E-state index in [0.29, 0.717) is 0 Å². The van der Waals surface area contributed by atoms with Gasteiger partial charge in [-0.15, -0.1) is 0 Å². The van der Waals surface area contributed by atoms with Crippen LogP contribution in [0.5, 0.6) is 0 Å². The van der Waals surface area contributed by atoms with Gasteiger partial charge in [0, 0.05) is 30.3 Å². The van der Waals surface area contributed by atoms with Crippen LogP contribution in [0.2, 0.25) is 20.1 Å². The Labute approximate surface area is 225 Å². The summed E-state index contributed by atoms with van der Waals surface area (Å²) in [6, 6.07) is 6.14. The molecular weight excluding hydrogens is 587 g/mol. The van der Waals surface area contributed by atoms with Crippen molar-refractivity contribution in [1.82, 2.24) is 0 Å². The molecule has 0 bridgehead atoms. The minimum absolute atomic E-state index is 0.00534. The summed E-state index contributed by atoms with van der Waals surface area (Å²) in [4.78, 5) is 18.7. The van der Waals surface area contributed by atoms with Crippen LogP contribution in [0.3, 0.4) is 0 Å². The van der Waals surface area contributed by atoms with Gasteiger partial charge < -0.3 is 9.74 Å². The molecule has 1 heterocycles. The third kappa shape index (κ3) is 5.15. The molecule has 2 aromatic carbocycles. The third-order valence-electron chi connectivity index (χ3n) is 5.90. The number of carbonyl (C=O) groups excluding carboxylic acids is 1. The fourth-order valence-electron chi connectivity index (χ4n) is 3.60. The molecule has 2 unspecified atom stereocenters. The van der Waals surface area contributed by atoms with Crippen LogP contribution in [-0.4, -0.2) is 44.3 Å². The van der Waals surface area contributed by atoms with Gasteiger partial charge in [0.05, 0.1) is 31.5 Å². The monoisotopic (exact) mass is 604 g/mol. The number of oxime groups is 1. The predicted octanol–water partition coefficient (Wildman–Crippen LogP) is 6.67. The SMILES string of the molecule is CCS(=O)(=O)C(C)C(=O)N(C)c1ccc(C2=NOC(c3cc(Cl)c(Cl)c(Cl)c3)(C(F)(F)F)C2)cc1Cl. The number of carbonyl (C=O) groups is 1. The van der Waals surface area contributed by atoms with Crippen molar-refractivity contribution in [3.05, 3.63) is 61.5 Å². The van der Waals surface area contributed by atoms with Crippen LogP contribution >= 0.6 is 46.4 Å². The number of sulfone groups is 1. The fourth-order valence-corrected chi connectivity index (χ4v) is 5.47. The summed E-state index contributed by atoms with van der Waals surface area (Å²) in [7, 11) is -2.30. The zero-order chi connectivity index (χ0) is 27.2. The van der Waals surface area contributed by atoms with Crippen molar-refractivity contribution < 1.29 is 31.2 Å². The first-order valence-corrected chi connectivity index (χ1v) is 13.5. The molecule has 0 saturated heterocycles. The normalized spacial score (nSPS) is 19.0. The lowest BCUT2D eigenvalue weighted by Crippen LogP contribution is -2.42. The summed E-state index contributed by atoms with van der Waals surface area (Å²) in [5.41, 5.74) is -2.95. The minimum Gasteiger partial charge on any atom is -0.374 e. The molecule has 0 aromatic heterocycles. The number of anilines is 1. The highest BCUT2D eigenvalue weighted by Crippen LogP contribution is 2.50. The van der Waals surface area contributed by atoms with Crippen LogP contribution in [0.25, 0.3) is 0 Å². The van der Waals surface area contributed by atoms with Crippen molar-refractivity contribution in [2.24, 2.45) is 5.16 Å². The summed E-state index contributed by atoms with van der Waals surface area (Å²) in [5, 5.41) is 1.90. The second kappa shape index (κ2) is 10.2. The largest absolute Gasteiger partial charge is 0.435 e. The first-order valence-electron chi connectivity index (χ1n) is 10.3. The molecule has 2 atom stereocenters. The van der Waals surface area contributed by atoms with Gasteiger partial charge in [0.15, 0.2) is 9.84 Å². The maximum Gasteiger partial charge on any atom is 0.435 e. The standard InChI is InChI=1S/C22H19Cl4F3N2O4S/c1-4-36(33,34)11(2)20(32)31(3)18-6-5-12(7-14(18)23)17-10-21(35-30-17,22(27,28)29)13-8-15(24)19(26)16(25)9-13/h5-9,11H,4,10H2,1-3H3. The molecule has 14 heteroatoms.